The van der Waals surface area contributed by atoms with Gasteiger partial charge in [0.1, 0.15) is 5.75 Å². The monoisotopic (exact) mass is 386 g/mol. The Bertz CT molecular complexity index is 599. The molecule has 1 heterocycles. The highest BCUT2D eigenvalue weighted by Crippen LogP contribution is 2.19. The summed E-state index contributed by atoms with van der Waals surface area (Å²) in [4.78, 5) is 6.72. The topological polar surface area (TPSA) is 48.9 Å². The van der Waals surface area contributed by atoms with Crippen LogP contribution in [0.4, 0.5) is 13.2 Å². The summed E-state index contributed by atoms with van der Waals surface area (Å²) in [6, 6.07) is 7.03. The molecular weight excluding hydrogens is 357 g/mol. The first-order valence-electron chi connectivity index (χ1n) is 9.37. The maximum atomic E-state index is 12.3. The van der Waals surface area contributed by atoms with E-state index in [1.54, 1.807) is 19.2 Å². The molecule has 0 amide bonds. The summed E-state index contributed by atoms with van der Waals surface area (Å²) in [7, 11) is 1.71. The van der Waals surface area contributed by atoms with E-state index in [4.69, 9.17) is 4.74 Å². The molecule has 2 rings (SSSR count). The third-order valence-corrected chi connectivity index (χ3v) is 4.45. The van der Waals surface area contributed by atoms with Crippen molar-refractivity contribution in [2.24, 2.45) is 4.99 Å². The smallest absolute Gasteiger partial charge is 0.422 e. The summed E-state index contributed by atoms with van der Waals surface area (Å²) < 4.78 is 41.6. The fourth-order valence-corrected chi connectivity index (χ4v) is 3.10. The van der Waals surface area contributed by atoms with Crippen LogP contribution in [0.15, 0.2) is 29.3 Å². The molecule has 0 aliphatic carbocycles. The molecule has 1 aromatic rings. The van der Waals surface area contributed by atoms with E-state index in [9.17, 15) is 13.2 Å². The number of aliphatic imine (C=N–C) groups is 1. The van der Waals surface area contributed by atoms with Crippen molar-refractivity contribution in [3.05, 3.63) is 29.8 Å². The molecule has 0 unspecified atom stereocenters. The Balaban J connectivity index is 1.79. The van der Waals surface area contributed by atoms with Gasteiger partial charge in [-0.1, -0.05) is 19.1 Å². The molecule has 27 heavy (non-hydrogen) atoms. The maximum Gasteiger partial charge on any atom is 0.422 e. The third-order valence-electron chi connectivity index (χ3n) is 4.45. The molecule has 1 fully saturated rings. The molecule has 0 atom stereocenters. The number of nitrogens with one attached hydrogen (secondary N) is 2. The number of alkyl halides is 3. The minimum atomic E-state index is -4.34. The summed E-state index contributed by atoms with van der Waals surface area (Å²) >= 11 is 0. The number of hydrogen-bond acceptors (Lipinski definition) is 3. The van der Waals surface area contributed by atoms with E-state index >= 15 is 0 Å². The van der Waals surface area contributed by atoms with Gasteiger partial charge in [-0.05, 0) is 43.5 Å². The molecule has 8 heteroatoms. The number of rotatable bonds is 7. The van der Waals surface area contributed by atoms with Gasteiger partial charge < -0.3 is 20.3 Å². The first-order chi connectivity index (χ1) is 12.9. The van der Waals surface area contributed by atoms with E-state index in [0.29, 0.717) is 18.5 Å². The number of likely N-dealkylation sites (tertiary alicyclic amines) is 1. The van der Waals surface area contributed by atoms with Crippen LogP contribution >= 0.6 is 0 Å². The van der Waals surface area contributed by atoms with Crippen molar-refractivity contribution in [1.29, 1.82) is 0 Å². The fraction of sp³-hybridized carbons (Fsp3) is 0.632. The van der Waals surface area contributed by atoms with Crippen molar-refractivity contribution in [2.75, 3.05) is 33.3 Å². The number of benzene rings is 1. The van der Waals surface area contributed by atoms with Gasteiger partial charge in [-0.15, -0.1) is 0 Å². The summed E-state index contributed by atoms with van der Waals surface area (Å²) in [5, 5.41) is 6.65. The predicted molar refractivity (Wildman–Crippen MR) is 101 cm³/mol. The van der Waals surface area contributed by atoms with Gasteiger partial charge in [-0.25, -0.2) is 0 Å². The van der Waals surface area contributed by atoms with Gasteiger partial charge >= 0.3 is 6.18 Å². The van der Waals surface area contributed by atoms with E-state index in [1.165, 1.54) is 12.5 Å². The summed E-state index contributed by atoms with van der Waals surface area (Å²) in [5.41, 5.74) is 0.829. The normalized spacial score (nSPS) is 17.0. The maximum absolute atomic E-state index is 12.3. The number of halogens is 3. The zero-order chi connectivity index (χ0) is 19.7. The summed E-state index contributed by atoms with van der Waals surface area (Å²) in [6.45, 7) is 4.68. The second-order valence-corrected chi connectivity index (χ2v) is 6.74. The molecule has 0 bridgehead atoms. The van der Waals surface area contributed by atoms with Gasteiger partial charge in [0.15, 0.2) is 12.6 Å². The van der Waals surface area contributed by atoms with E-state index in [2.05, 4.69) is 27.4 Å². The lowest BCUT2D eigenvalue weighted by molar-refractivity contribution is -0.153. The van der Waals surface area contributed by atoms with E-state index in [1.807, 2.05) is 6.07 Å². The zero-order valence-electron chi connectivity index (χ0n) is 16.0. The molecule has 1 aromatic carbocycles. The zero-order valence-corrected chi connectivity index (χ0v) is 16.0. The largest absolute Gasteiger partial charge is 0.484 e. The van der Waals surface area contributed by atoms with Crippen molar-refractivity contribution in [3.63, 3.8) is 0 Å². The van der Waals surface area contributed by atoms with Gasteiger partial charge in [-0.3, -0.25) is 4.99 Å². The van der Waals surface area contributed by atoms with Gasteiger partial charge in [-0.2, -0.15) is 13.2 Å². The van der Waals surface area contributed by atoms with Gasteiger partial charge in [0.05, 0.1) is 0 Å². The number of hydrogen-bond donors (Lipinski definition) is 2. The third kappa shape index (κ3) is 8.07. The second-order valence-electron chi connectivity index (χ2n) is 6.74. The van der Waals surface area contributed by atoms with Crippen molar-refractivity contribution in [3.8, 4) is 5.75 Å². The van der Waals surface area contributed by atoms with Crippen LogP contribution in [0.25, 0.3) is 0 Å². The SMILES string of the molecule is CCCN1CCC(NC(=NC)NCc2cccc(OCC(F)(F)F)c2)CC1. The fourth-order valence-electron chi connectivity index (χ4n) is 3.10. The molecule has 0 aromatic heterocycles. The lowest BCUT2D eigenvalue weighted by Gasteiger charge is -2.32. The van der Waals surface area contributed by atoms with E-state index in [0.717, 1.165) is 38.0 Å². The molecule has 0 radical (unpaired) electrons. The molecule has 1 saturated heterocycles. The molecule has 5 nitrogen and oxygen atoms in total. The Morgan fingerprint density at radius 3 is 2.67 bits per heavy atom. The minimum Gasteiger partial charge on any atom is -0.484 e. The van der Waals surface area contributed by atoms with Crippen LogP contribution in [0.5, 0.6) is 5.75 Å². The van der Waals surface area contributed by atoms with Gasteiger partial charge in [0.25, 0.3) is 0 Å². The van der Waals surface area contributed by atoms with Crippen molar-refractivity contribution >= 4 is 5.96 Å². The average Bonchev–Trinajstić information content (AvgIpc) is 2.65. The lowest BCUT2D eigenvalue weighted by atomic mass is 10.1. The van der Waals surface area contributed by atoms with Crippen molar-refractivity contribution in [2.45, 2.75) is 44.9 Å². The Morgan fingerprint density at radius 1 is 1.30 bits per heavy atom. The molecular formula is C19H29F3N4O. The Hall–Kier alpha value is -1.96. The first kappa shape index (κ1) is 21.3. The van der Waals surface area contributed by atoms with Crippen LogP contribution in [0.1, 0.15) is 31.7 Å². The standard InChI is InChI=1S/C19H29F3N4O/c1-3-9-26-10-7-16(8-11-26)25-18(23-2)24-13-15-5-4-6-17(12-15)27-14-19(20,21)22/h4-6,12,16H,3,7-11,13-14H2,1-2H3,(H2,23,24,25). The molecule has 152 valence electrons. The predicted octanol–water partition coefficient (Wildman–Crippen LogP) is 3.17. The highest BCUT2D eigenvalue weighted by Gasteiger charge is 2.28. The van der Waals surface area contributed by atoms with Crippen LogP contribution < -0.4 is 15.4 Å². The summed E-state index contributed by atoms with van der Waals surface area (Å²) in [5.74, 6) is 0.906. The van der Waals surface area contributed by atoms with Crippen LogP contribution in [0.2, 0.25) is 0 Å². The molecule has 2 N–H and O–H groups in total. The number of nitrogens with zero attached hydrogens (tertiary/aromatic N) is 2. The van der Waals surface area contributed by atoms with Crippen molar-refractivity contribution in [1.82, 2.24) is 15.5 Å². The quantitative estimate of drug-likeness (QED) is 0.558. The Morgan fingerprint density at radius 2 is 2.04 bits per heavy atom. The van der Waals surface area contributed by atoms with Crippen LogP contribution in [0, 0.1) is 0 Å². The van der Waals surface area contributed by atoms with Crippen LogP contribution in [-0.4, -0.2) is 56.4 Å². The number of guanidine groups is 1. The lowest BCUT2D eigenvalue weighted by Crippen LogP contribution is -2.48. The molecule has 0 saturated carbocycles. The van der Waals surface area contributed by atoms with Crippen molar-refractivity contribution < 1.29 is 17.9 Å². The van der Waals surface area contributed by atoms with E-state index < -0.39 is 12.8 Å². The highest BCUT2D eigenvalue weighted by molar-refractivity contribution is 5.79. The van der Waals surface area contributed by atoms with Gasteiger partial charge in [0, 0.05) is 32.7 Å². The molecule has 1 aliphatic heterocycles. The first-order valence-corrected chi connectivity index (χ1v) is 9.37. The Labute approximate surface area is 159 Å². The highest BCUT2D eigenvalue weighted by atomic mass is 19.4. The number of ether oxygens (including phenoxy) is 1. The van der Waals surface area contributed by atoms with E-state index in [-0.39, 0.29) is 5.75 Å². The molecule has 1 aliphatic rings. The second kappa shape index (κ2) is 10.4. The van der Waals surface area contributed by atoms with Crippen LogP contribution in [-0.2, 0) is 6.54 Å². The average molecular weight is 386 g/mol. The Kier molecular flexibility index (Phi) is 8.22. The van der Waals surface area contributed by atoms with Crippen LogP contribution in [0.3, 0.4) is 0 Å². The van der Waals surface area contributed by atoms with Gasteiger partial charge in [0.2, 0.25) is 0 Å². The summed E-state index contributed by atoms with van der Waals surface area (Å²) in [6.07, 6.45) is -1.02. The molecule has 0 spiro atoms. The minimum absolute atomic E-state index is 0.206. The number of piperidine rings is 1.